The number of rotatable bonds is 5. The van der Waals surface area contributed by atoms with Crippen LogP contribution in [0.3, 0.4) is 0 Å². The highest BCUT2D eigenvalue weighted by molar-refractivity contribution is 9.10. The van der Waals surface area contributed by atoms with Crippen molar-refractivity contribution in [3.8, 4) is 0 Å². The van der Waals surface area contributed by atoms with Gasteiger partial charge in [-0.15, -0.1) is 0 Å². The first-order chi connectivity index (χ1) is 18.2. The highest BCUT2D eigenvalue weighted by Gasteiger charge is 2.34. The molecule has 0 aromatic heterocycles. The lowest BCUT2D eigenvalue weighted by Gasteiger charge is -2.33. The predicted molar refractivity (Wildman–Crippen MR) is 159 cm³/mol. The summed E-state index contributed by atoms with van der Waals surface area (Å²) in [4.78, 5) is 0. The maximum absolute atomic E-state index is 11.6. The molecule has 0 radical (unpaired) electrons. The molecule has 0 spiro atoms. The Bertz CT molecular complexity index is 1330. The van der Waals surface area contributed by atoms with Crippen molar-refractivity contribution in [2.45, 2.75) is 38.5 Å². The van der Waals surface area contributed by atoms with E-state index in [2.05, 4.69) is 54.0 Å². The molecule has 3 saturated heterocycles. The predicted octanol–water partition coefficient (Wildman–Crippen LogP) is 3.40. The zero-order chi connectivity index (χ0) is 28.4. The molecule has 3 aliphatic rings. The summed E-state index contributed by atoms with van der Waals surface area (Å²) in [7, 11) is -6.41. The highest BCUT2D eigenvalue weighted by atomic mass is 79.9. The third-order valence-electron chi connectivity index (χ3n) is 7.51. The fourth-order valence-electron chi connectivity index (χ4n) is 5.15. The van der Waals surface area contributed by atoms with Gasteiger partial charge in [0.15, 0.2) is 0 Å². The van der Waals surface area contributed by atoms with E-state index in [0.29, 0.717) is 45.3 Å². The van der Waals surface area contributed by atoms with E-state index in [-0.39, 0.29) is 18.5 Å². The van der Waals surface area contributed by atoms with Crippen LogP contribution >= 0.6 is 15.9 Å². The number of benzene rings is 2. The van der Waals surface area contributed by atoms with Gasteiger partial charge in [0.25, 0.3) is 0 Å². The van der Waals surface area contributed by atoms with Crippen LogP contribution in [0.25, 0.3) is 0 Å². The first-order valence-corrected chi connectivity index (χ1v) is 17.7. The second kappa shape index (κ2) is 12.3. The van der Waals surface area contributed by atoms with E-state index >= 15 is 0 Å². The van der Waals surface area contributed by atoms with Gasteiger partial charge in [0.05, 0.1) is 12.5 Å². The molecule has 8 nitrogen and oxygen atoms in total. The van der Waals surface area contributed by atoms with Gasteiger partial charge in [-0.3, -0.25) is 0 Å². The minimum Gasteiger partial charge on any atom is -0.407 e. The highest BCUT2D eigenvalue weighted by Crippen LogP contribution is 2.30. The van der Waals surface area contributed by atoms with Gasteiger partial charge in [-0.05, 0) is 53.4 Å². The van der Waals surface area contributed by atoms with Gasteiger partial charge in [0, 0.05) is 49.3 Å². The Balaban J connectivity index is 0.000000193. The van der Waals surface area contributed by atoms with Gasteiger partial charge in [0.2, 0.25) is 20.0 Å². The van der Waals surface area contributed by atoms with Crippen molar-refractivity contribution in [1.82, 2.24) is 8.61 Å². The molecule has 214 valence electrons. The lowest BCUT2D eigenvalue weighted by Crippen LogP contribution is -2.47. The van der Waals surface area contributed by atoms with Crippen molar-refractivity contribution in [1.29, 1.82) is 0 Å². The average molecular weight is 641 g/mol. The monoisotopic (exact) mass is 640 g/mol. The number of nitrogens with zero attached hydrogens (tertiary/aromatic N) is 2. The lowest BCUT2D eigenvalue weighted by molar-refractivity contribution is 0.0343. The van der Waals surface area contributed by atoms with E-state index in [4.69, 9.17) is 9.31 Å². The van der Waals surface area contributed by atoms with Gasteiger partial charge in [-0.1, -0.05) is 66.2 Å². The minimum absolute atomic E-state index is 0.0649. The standard InChI is InChI=1S/C16H24BNO4S.C11H14BrNO2S/c1-16(2)11-21-17(22-12-16)15-6-4-13(5-7-15)14-8-9-18(10-14)23(3,19)20;1-16(14,15)13-7-6-10(8-13)9-2-4-11(12)5-3-9/h4-7,14H,8-12H2,1-3H3;2-5,10H,6-8H2,1H3. The van der Waals surface area contributed by atoms with E-state index in [0.717, 1.165) is 22.8 Å². The molecule has 0 amide bonds. The Morgan fingerprint density at radius 3 is 1.56 bits per heavy atom. The van der Waals surface area contributed by atoms with Crippen LogP contribution in [0.15, 0.2) is 53.0 Å². The van der Waals surface area contributed by atoms with Crippen LogP contribution in [-0.2, 0) is 29.4 Å². The van der Waals surface area contributed by atoms with E-state index in [1.807, 2.05) is 24.3 Å². The maximum atomic E-state index is 11.6. The van der Waals surface area contributed by atoms with Crippen LogP contribution in [0.1, 0.15) is 49.7 Å². The molecule has 0 bridgehead atoms. The molecule has 2 atom stereocenters. The van der Waals surface area contributed by atoms with Crippen molar-refractivity contribution in [2.75, 3.05) is 51.9 Å². The Hall–Kier alpha value is -1.28. The smallest absolute Gasteiger partial charge is 0.407 e. The van der Waals surface area contributed by atoms with Crippen molar-refractivity contribution < 1.29 is 26.1 Å². The van der Waals surface area contributed by atoms with Crippen molar-refractivity contribution in [3.63, 3.8) is 0 Å². The van der Waals surface area contributed by atoms with Crippen LogP contribution in [-0.4, -0.2) is 84.5 Å². The molecule has 0 saturated carbocycles. The van der Waals surface area contributed by atoms with Gasteiger partial charge >= 0.3 is 7.12 Å². The van der Waals surface area contributed by atoms with E-state index < -0.39 is 20.0 Å². The molecule has 0 aliphatic carbocycles. The lowest BCUT2D eigenvalue weighted by atomic mass is 9.75. The van der Waals surface area contributed by atoms with Crippen molar-refractivity contribution >= 4 is 48.6 Å². The molecular weight excluding hydrogens is 603 g/mol. The Kier molecular flexibility index (Phi) is 9.68. The second-order valence-corrected chi connectivity index (χ2v) is 16.4. The molecule has 12 heteroatoms. The van der Waals surface area contributed by atoms with Gasteiger partial charge in [-0.2, -0.15) is 0 Å². The fourth-order valence-corrected chi connectivity index (χ4v) is 7.19. The molecule has 5 rings (SSSR count). The van der Waals surface area contributed by atoms with Crippen molar-refractivity contribution in [3.05, 3.63) is 64.1 Å². The van der Waals surface area contributed by atoms with Crippen LogP contribution in [0, 0.1) is 5.41 Å². The summed E-state index contributed by atoms with van der Waals surface area (Å²) in [5.74, 6) is 0.605. The SMILES string of the molecule is CC1(C)COB(c2ccc(C3CCN(S(C)(=O)=O)C3)cc2)OC1.CS(=O)(=O)N1CCC(c2ccc(Br)cc2)C1. The second-order valence-electron chi connectivity index (χ2n) is 11.5. The van der Waals surface area contributed by atoms with Gasteiger partial charge in [0.1, 0.15) is 0 Å². The Morgan fingerprint density at radius 2 is 1.18 bits per heavy atom. The van der Waals surface area contributed by atoms with Crippen LogP contribution in [0.4, 0.5) is 0 Å². The largest absolute Gasteiger partial charge is 0.493 e. The third-order valence-corrected chi connectivity index (χ3v) is 10.6. The molecule has 2 unspecified atom stereocenters. The summed E-state index contributed by atoms with van der Waals surface area (Å²) >= 11 is 3.39. The molecular formula is C27H38BBrN2O6S2. The summed E-state index contributed by atoms with van der Waals surface area (Å²) in [6, 6.07) is 16.3. The average Bonchev–Trinajstić information content (AvgIpc) is 3.56. The molecule has 3 aliphatic heterocycles. The first-order valence-electron chi connectivity index (χ1n) is 13.2. The van der Waals surface area contributed by atoms with Gasteiger partial charge in [-0.25, -0.2) is 25.4 Å². The maximum Gasteiger partial charge on any atom is 0.493 e. The summed E-state index contributed by atoms with van der Waals surface area (Å²) in [5.41, 5.74) is 3.47. The Morgan fingerprint density at radius 1 is 0.769 bits per heavy atom. The van der Waals surface area contributed by atoms with Crippen LogP contribution in [0.5, 0.6) is 0 Å². The number of halogens is 1. The zero-order valence-electron chi connectivity index (χ0n) is 23.0. The summed E-state index contributed by atoms with van der Waals surface area (Å²) in [5, 5.41) is 0. The fraction of sp³-hybridized carbons (Fsp3) is 0.556. The van der Waals surface area contributed by atoms with E-state index in [9.17, 15) is 16.8 Å². The molecule has 3 heterocycles. The number of hydrogen-bond acceptors (Lipinski definition) is 6. The topological polar surface area (TPSA) is 93.2 Å². The summed E-state index contributed by atoms with van der Waals surface area (Å²) in [6.07, 6.45) is 4.33. The van der Waals surface area contributed by atoms with E-state index in [1.54, 1.807) is 8.61 Å². The third kappa shape index (κ3) is 8.37. The minimum atomic E-state index is -3.09. The molecule has 3 fully saturated rings. The van der Waals surface area contributed by atoms with Gasteiger partial charge < -0.3 is 9.31 Å². The number of hydrogen-bond donors (Lipinski definition) is 0. The van der Waals surface area contributed by atoms with Crippen LogP contribution < -0.4 is 5.46 Å². The normalized spacial score (nSPS) is 24.4. The quantitative estimate of drug-likeness (QED) is 0.465. The molecule has 2 aromatic carbocycles. The summed E-state index contributed by atoms with van der Waals surface area (Å²) in [6.45, 7) is 8.05. The Labute approximate surface area is 242 Å². The molecule has 2 aromatic rings. The van der Waals surface area contributed by atoms with Crippen molar-refractivity contribution in [2.24, 2.45) is 5.41 Å². The first kappa shape index (κ1) is 30.7. The summed E-state index contributed by atoms with van der Waals surface area (Å²) < 4.78 is 61.8. The molecule has 39 heavy (non-hydrogen) atoms. The molecule has 0 N–H and O–H groups in total. The van der Waals surface area contributed by atoms with E-state index in [1.165, 1.54) is 23.6 Å². The number of sulfonamides is 2. The van der Waals surface area contributed by atoms with Crippen LogP contribution in [0.2, 0.25) is 0 Å². The zero-order valence-corrected chi connectivity index (χ0v) is 26.3.